The molecule has 7 nitrogen and oxygen atoms in total. The third-order valence-electron chi connectivity index (χ3n) is 8.59. The van der Waals surface area contributed by atoms with Gasteiger partial charge in [0, 0.05) is 28.3 Å². The van der Waals surface area contributed by atoms with Crippen molar-refractivity contribution in [2.45, 2.75) is 43.3 Å². The molecule has 4 fully saturated rings. The van der Waals surface area contributed by atoms with Crippen LogP contribution in [0.2, 0.25) is 0 Å². The van der Waals surface area contributed by atoms with Crippen LogP contribution in [-0.4, -0.2) is 39.9 Å². The van der Waals surface area contributed by atoms with Gasteiger partial charge in [-0.25, -0.2) is 4.90 Å². The van der Waals surface area contributed by atoms with Crippen LogP contribution in [0.1, 0.15) is 29.5 Å². The molecule has 3 amide bonds. The van der Waals surface area contributed by atoms with Gasteiger partial charge in [0.05, 0.1) is 23.4 Å². The maximum absolute atomic E-state index is 13.4. The third-order valence-corrected chi connectivity index (χ3v) is 11.8. The molecule has 2 aliphatic carbocycles. The summed E-state index contributed by atoms with van der Waals surface area (Å²) in [4.78, 5) is 55.8. The minimum Gasteiger partial charge on any atom is -0.426 e. The Hall–Kier alpha value is -2.52. The number of esters is 1. The van der Waals surface area contributed by atoms with E-state index in [1.807, 2.05) is 32.0 Å². The summed E-state index contributed by atoms with van der Waals surface area (Å²) < 4.78 is 5.66. The van der Waals surface area contributed by atoms with Gasteiger partial charge in [-0.2, -0.15) is 0 Å². The molecule has 0 spiro atoms. The van der Waals surface area contributed by atoms with E-state index in [1.54, 1.807) is 30.0 Å². The van der Waals surface area contributed by atoms with Crippen LogP contribution in [0.25, 0.3) is 0 Å². The average molecular weight is 644 g/mol. The summed E-state index contributed by atoms with van der Waals surface area (Å²) in [5.74, 6) is -1.38. The zero-order valence-corrected chi connectivity index (χ0v) is 24.5. The molecule has 2 saturated carbocycles. The van der Waals surface area contributed by atoms with Crippen LogP contribution in [0, 0.1) is 50.4 Å². The van der Waals surface area contributed by atoms with Crippen molar-refractivity contribution in [3.05, 3.63) is 53.1 Å². The number of benzene rings is 2. The minimum atomic E-state index is -0.575. The fourth-order valence-electron chi connectivity index (χ4n) is 6.95. The molecular weight excluding hydrogens is 616 g/mol. The Kier molecular flexibility index (Phi) is 6.30. The molecule has 4 aliphatic rings. The van der Waals surface area contributed by atoms with Gasteiger partial charge in [0.15, 0.2) is 0 Å². The fraction of sp³-hybridized carbons (Fsp3) is 0.448. The largest absolute Gasteiger partial charge is 0.426 e. The summed E-state index contributed by atoms with van der Waals surface area (Å²) in [5.41, 5.74) is 4.11. The van der Waals surface area contributed by atoms with Crippen molar-refractivity contribution in [3.63, 3.8) is 0 Å². The zero-order chi connectivity index (χ0) is 27.0. The van der Waals surface area contributed by atoms with E-state index in [1.165, 1.54) is 4.90 Å². The lowest BCUT2D eigenvalue weighted by Crippen LogP contribution is -2.37. The lowest BCUT2D eigenvalue weighted by atomic mass is 9.81. The van der Waals surface area contributed by atoms with Crippen LogP contribution in [-0.2, 0) is 19.2 Å². The Morgan fingerprint density at radius 3 is 2.08 bits per heavy atom. The van der Waals surface area contributed by atoms with E-state index in [0.29, 0.717) is 17.0 Å². The predicted octanol–water partition coefficient (Wildman–Crippen LogP) is 4.85. The number of amides is 3. The Labute approximate surface area is 238 Å². The number of nitrogens with zero attached hydrogens (tertiary/aromatic N) is 2. The Morgan fingerprint density at radius 2 is 1.50 bits per heavy atom. The lowest BCUT2D eigenvalue weighted by Gasteiger charge is -2.28. The van der Waals surface area contributed by atoms with Gasteiger partial charge in [-0.05, 0) is 86.1 Å². The summed E-state index contributed by atoms with van der Waals surface area (Å²) in [6, 6.07) is 10.9. The molecule has 2 aromatic rings. The molecule has 7 atom stereocenters. The minimum absolute atomic E-state index is 0.0912. The molecule has 2 aliphatic heterocycles. The maximum Gasteiger partial charge on any atom is 0.316 e. The number of rotatable bonds is 4. The molecule has 38 heavy (non-hydrogen) atoms. The number of anilines is 2. The summed E-state index contributed by atoms with van der Waals surface area (Å²) in [6.45, 7) is 6.02. The van der Waals surface area contributed by atoms with E-state index in [0.717, 1.165) is 23.2 Å². The van der Waals surface area contributed by atoms with Gasteiger partial charge in [-0.3, -0.25) is 19.2 Å². The number of carbonyl (C=O) groups excluding carboxylic acids is 4. The molecule has 0 aromatic heterocycles. The number of halogens is 2. The second kappa shape index (κ2) is 9.30. The highest BCUT2D eigenvalue weighted by Crippen LogP contribution is 2.60. The molecule has 198 valence electrons. The molecule has 2 saturated heterocycles. The monoisotopic (exact) mass is 642 g/mol. The first kappa shape index (κ1) is 25.7. The average Bonchev–Trinajstić information content (AvgIpc) is 3.57. The molecule has 0 unspecified atom stereocenters. The van der Waals surface area contributed by atoms with Crippen LogP contribution in [0.3, 0.4) is 0 Å². The van der Waals surface area contributed by atoms with Crippen LogP contribution < -0.4 is 14.5 Å². The highest BCUT2D eigenvalue weighted by molar-refractivity contribution is 9.12. The Morgan fingerprint density at radius 1 is 0.895 bits per heavy atom. The van der Waals surface area contributed by atoms with Crippen LogP contribution in [0.15, 0.2) is 36.4 Å². The quantitative estimate of drug-likeness (QED) is 0.206. The summed E-state index contributed by atoms with van der Waals surface area (Å²) in [5, 5.41) is 0. The van der Waals surface area contributed by atoms with Crippen molar-refractivity contribution in [2.75, 3.05) is 16.3 Å². The Bertz CT molecular complexity index is 1340. The van der Waals surface area contributed by atoms with E-state index in [4.69, 9.17) is 4.74 Å². The van der Waals surface area contributed by atoms with Gasteiger partial charge in [0.1, 0.15) is 5.75 Å². The van der Waals surface area contributed by atoms with Crippen LogP contribution in [0.4, 0.5) is 11.4 Å². The van der Waals surface area contributed by atoms with Crippen molar-refractivity contribution in [3.8, 4) is 5.75 Å². The normalized spacial score (nSPS) is 31.9. The third kappa shape index (κ3) is 3.96. The SMILES string of the molecule is Cc1cc(C)cc(N2C[C@H](C(=O)Oc3ccc(N4C(=O)[C@@H]5[C@H]6C[C@@H]([C@@H](Br)[C@H]6Br)[C@H]5C4=O)c(C)c3)CC2=O)c1. The zero-order valence-electron chi connectivity index (χ0n) is 21.3. The maximum atomic E-state index is 13.4. The molecule has 2 bridgehead atoms. The number of carbonyl (C=O) groups is 4. The van der Waals surface area contributed by atoms with E-state index < -0.39 is 11.9 Å². The smallest absolute Gasteiger partial charge is 0.316 e. The van der Waals surface area contributed by atoms with Gasteiger partial charge < -0.3 is 9.64 Å². The van der Waals surface area contributed by atoms with E-state index >= 15 is 0 Å². The van der Waals surface area contributed by atoms with Gasteiger partial charge in [0.2, 0.25) is 17.7 Å². The topological polar surface area (TPSA) is 84.0 Å². The van der Waals surface area contributed by atoms with Gasteiger partial charge in [0.25, 0.3) is 0 Å². The highest BCUT2D eigenvalue weighted by atomic mass is 79.9. The number of imide groups is 1. The first-order valence-electron chi connectivity index (χ1n) is 12.9. The number of hydrogen-bond donors (Lipinski definition) is 0. The van der Waals surface area contributed by atoms with E-state index in [-0.39, 0.29) is 64.0 Å². The Balaban J connectivity index is 1.16. The first-order valence-corrected chi connectivity index (χ1v) is 14.7. The van der Waals surface area contributed by atoms with Gasteiger partial charge in [-0.15, -0.1) is 0 Å². The molecule has 2 aromatic carbocycles. The molecule has 2 heterocycles. The first-order chi connectivity index (χ1) is 18.0. The standard InChI is InChI=1S/C29H28Br2N2O5/c1-13-6-14(2)8-17(7-13)32-12-16(10-22(32)34)29(37)38-18-4-5-21(15(3)9-18)33-27(35)23-19-11-20(24(23)28(33)36)26(31)25(19)30/h4-9,16,19-20,23-26H,10-12H2,1-3H3/t16-,19-,20-,23-,24-,25-,26+/m1/s1. The molecule has 6 rings (SSSR count). The summed E-state index contributed by atoms with van der Waals surface area (Å²) in [7, 11) is 0. The van der Waals surface area contributed by atoms with Crippen molar-refractivity contribution < 1.29 is 23.9 Å². The van der Waals surface area contributed by atoms with Crippen molar-refractivity contribution in [1.29, 1.82) is 0 Å². The van der Waals surface area contributed by atoms with Gasteiger partial charge in [-0.1, -0.05) is 37.9 Å². The second-order valence-corrected chi connectivity index (χ2v) is 13.3. The molecule has 0 N–H and O–H groups in total. The summed E-state index contributed by atoms with van der Waals surface area (Å²) >= 11 is 7.44. The molecule has 9 heteroatoms. The fourth-order valence-corrected chi connectivity index (χ4v) is 8.82. The number of aryl methyl sites for hydroxylation is 3. The van der Waals surface area contributed by atoms with E-state index in [9.17, 15) is 19.2 Å². The number of fused-ring (bicyclic) bond motifs is 5. The van der Waals surface area contributed by atoms with Crippen molar-refractivity contribution in [2.24, 2.45) is 29.6 Å². The van der Waals surface area contributed by atoms with Crippen LogP contribution in [0.5, 0.6) is 5.75 Å². The summed E-state index contributed by atoms with van der Waals surface area (Å²) in [6.07, 6.45) is 0.971. The lowest BCUT2D eigenvalue weighted by molar-refractivity contribution is -0.139. The number of hydrogen-bond acceptors (Lipinski definition) is 5. The highest BCUT2D eigenvalue weighted by Gasteiger charge is 2.66. The number of ether oxygens (including phenoxy) is 1. The molecule has 0 radical (unpaired) electrons. The van der Waals surface area contributed by atoms with Crippen molar-refractivity contribution >= 4 is 66.9 Å². The van der Waals surface area contributed by atoms with E-state index in [2.05, 4.69) is 31.9 Å². The van der Waals surface area contributed by atoms with Crippen LogP contribution >= 0.6 is 31.9 Å². The number of alkyl halides is 2. The van der Waals surface area contributed by atoms with Crippen molar-refractivity contribution in [1.82, 2.24) is 0 Å². The predicted molar refractivity (Wildman–Crippen MR) is 150 cm³/mol. The van der Waals surface area contributed by atoms with Gasteiger partial charge >= 0.3 is 5.97 Å². The molecular formula is C29H28Br2N2O5. The second-order valence-electron chi connectivity index (χ2n) is 11.1.